The number of pyridine rings is 1. The quantitative estimate of drug-likeness (QED) is 0.525. The van der Waals surface area contributed by atoms with Crippen molar-refractivity contribution in [2.75, 3.05) is 24.2 Å². The standard InChI is InChI=1S/C19H18Cl2N4O/c1-3-13(8-10-22-2)12-24-18-15(5-4-9-23-18)19(26)25-14-6-7-16(20)17(21)11-14/h3-11H,1,12H2,2H3,(H,23,24)(H,25,26)/b13-8+,22-10?. The third kappa shape index (κ3) is 5.44. The number of nitrogens with zero attached hydrogens (tertiary/aromatic N) is 2. The molecule has 0 aliphatic rings. The third-order valence-electron chi connectivity index (χ3n) is 3.39. The molecule has 0 spiro atoms. The van der Waals surface area contributed by atoms with E-state index in [9.17, 15) is 4.79 Å². The van der Waals surface area contributed by atoms with Crippen molar-refractivity contribution in [3.63, 3.8) is 0 Å². The van der Waals surface area contributed by atoms with Crippen molar-refractivity contribution in [2.24, 2.45) is 4.99 Å². The second-order valence-corrected chi connectivity index (χ2v) is 6.00. The average molecular weight is 389 g/mol. The van der Waals surface area contributed by atoms with Crippen LogP contribution in [-0.4, -0.2) is 30.7 Å². The Morgan fingerprint density at radius 1 is 1.31 bits per heavy atom. The molecule has 2 aromatic rings. The zero-order valence-corrected chi connectivity index (χ0v) is 15.7. The van der Waals surface area contributed by atoms with Crippen molar-refractivity contribution < 1.29 is 4.79 Å². The molecule has 0 unspecified atom stereocenters. The number of halogens is 2. The summed E-state index contributed by atoms with van der Waals surface area (Å²) in [5.41, 5.74) is 1.87. The highest BCUT2D eigenvalue weighted by molar-refractivity contribution is 6.42. The van der Waals surface area contributed by atoms with Gasteiger partial charge in [0.2, 0.25) is 0 Å². The molecule has 1 aromatic carbocycles. The number of hydrogen-bond donors (Lipinski definition) is 2. The minimum atomic E-state index is -0.307. The van der Waals surface area contributed by atoms with Crippen molar-refractivity contribution in [1.29, 1.82) is 0 Å². The molecule has 5 nitrogen and oxygen atoms in total. The predicted molar refractivity (Wildman–Crippen MR) is 110 cm³/mol. The molecule has 26 heavy (non-hydrogen) atoms. The Labute approximate surface area is 162 Å². The Bertz CT molecular complexity index is 862. The lowest BCUT2D eigenvalue weighted by Gasteiger charge is -2.12. The van der Waals surface area contributed by atoms with Gasteiger partial charge in [0.25, 0.3) is 5.91 Å². The molecule has 2 rings (SSSR count). The van der Waals surface area contributed by atoms with Gasteiger partial charge in [-0.1, -0.05) is 35.9 Å². The fraction of sp³-hybridized carbons (Fsp3) is 0.105. The number of aliphatic imine (C=N–C) groups is 1. The maximum Gasteiger partial charge on any atom is 0.259 e. The van der Waals surface area contributed by atoms with Crippen LogP contribution in [0.1, 0.15) is 10.4 Å². The zero-order valence-electron chi connectivity index (χ0n) is 14.2. The van der Waals surface area contributed by atoms with Crippen LogP contribution in [0.15, 0.2) is 65.8 Å². The largest absolute Gasteiger partial charge is 0.365 e. The van der Waals surface area contributed by atoms with Crippen molar-refractivity contribution >= 4 is 46.8 Å². The van der Waals surface area contributed by atoms with Gasteiger partial charge < -0.3 is 10.6 Å². The number of hydrogen-bond acceptors (Lipinski definition) is 4. The van der Waals surface area contributed by atoms with E-state index < -0.39 is 0 Å². The molecule has 0 aliphatic carbocycles. The summed E-state index contributed by atoms with van der Waals surface area (Å²) in [6.07, 6.45) is 6.84. The first-order valence-electron chi connectivity index (χ1n) is 7.74. The monoisotopic (exact) mass is 388 g/mol. The van der Waals surface area contributed by atoms with Crippen LogP contribution in [-0.2, 0) is 0 Å². The first-order chi connectivity index (χ1) is 12.5. The minimum absolute atomic E-state index is 0.307. The van der Waals surface area contributed by atoms with Crippen LogP contribution in [0.5, 0.6) is 0 Å². The second kappa shape index (κ2) is 9.75. The summed E-state index contributed by atoms with van der Waals surface area (Å²) in [4.78, 5) is 20.7. The normalized spacial score (nSPS) is 11.4. The Kier molecular flexibility index (Phi) is 7.38. The number of nitrogens with one attached hydrogen (secondary N) is 2. The molecule has 0 atom stereocenters. The van der Waals surface area contributed by atoms with Gasteiger partial charge >= 0.3 is 0 Å². The summed E-state index contributed by atoms with van der Waals surface area (Å²) >= 11 is 11.9. The van der Waals surface area contributed by atoms with Crippen LogP contribution < -0.4 is 10.6 Å². The van der Waals surface area contributed by atoms with E-state index in [1.54, 1.807) is 55.9 Å². The number of allylic oxidation sites excluding steroid dienone is 1. The lowest BCUT2D eigenvalue weighted by atomic mass is 10.2. The molecule has 1 heterocycles. The van der Waals surface area contributed by atoms with Crippen LogP contribution in [0.2, 0.25) is 10.0 Å². The van der Waals surface area contributed by atoms with Gasteiger partial charge in [0, 0.05) is 31.7 Å². The number of amides is 1. The summed E-state index contributed by atoms with van der Waals surface area (Å²) < 4.78 is 0. The van der Waals surface area contributed by atoms with Crippen molar-refractivity contribution in [3.05, 3.63) is 76.4 Å². The van der Waals surface area contributed by atoms with Crippen LogP contribution >= 0.6 is 23.2 Å². The van der Waals surface area contributed by atoms with E-state index in [-0.39, 0.29) is 5.91 Å². The van der Waals surface area contributed by atoms with E-state index in [0.29, 0.717) is 33.7 Å². The molecular weight excluding hydrogens is 371 g/mol. The van der Waals surface area contributed by atoms with Gasteiger partial charge in [-0.05, 0) is 42.0 Å². The second-order valence-electron chi connectivity index (χ2n) is 5.19. The molecule has 1 aromatic heterocycles. The van der Waals surface area contributed by atoms with Gasteiger partial charge in [-0.3, -0.25) is 9.79 Å². The van der Waals surface area contributed by atoms with Gasteiger partial charge in [-0.25, -0.2) is 4.98 Å². The Morgan fingerprint density at radius 2 is 2.12 bits per heavy atom. The van der Waals surface area contributed by atoms with Gasteiger partial charge in [-0.15, -0.1) is 0 Å². The number of carbonyl (C=O) groups is 1. The molecule has 134 valence electrons. The van der Waals surface area contributed by atoms with Gasteiger partial charge in [0.15, 0.2) is 0 Å². The Morgan fingerprint density at radius 3 is 2.81 bits per heavy atom. The summed E-state index contributed by atoms with van der Waals surface area (Å²) in [6, 6.07) is 8.28. The van der Waals surface area contributed by atoms with E-state index >= 15 is 0 Å². The molecule has 1 amide bonds. The highest BCUT2D eigenvalue weighted by atomic mass is 35.5. The maximum atomic E-state index is 12.6. The number of anilines is 2. The van der Waals surface area contributed by atoms with E-state index in [1.165, 1.54) is 0 Å². The third-order valence-corrected chi connectivity index (χ3v) is 4.13. The smallest absolute Gasteiger partial charge is 0.259 e. The summed E-state index contributed by atoms with van der Waals surface area (Å²) in [6.45, 7) is 4.22. The zero-order chi connectivity index (χ0) is 18.9. The lowest BCUT2D eigenvalue weighted by molar-refractivity contribution is 0.102. The van der Waals surface area contributed by atoms with Crippen molar-refractivity contribution in [1.82, 2.24) is 4.98 Å². The van der Waals surface area contributed by atoms with E-state index in [4.69, 9.17) is 23.2 Å². The highest BCUT2D eigenvalue weighted by Crippen LogP contribution is 2.25. The summed E-state index contributed by atoms with van der Waals surface area (Å²) in [5, 5.41) is 6.72. The average Bonchev–Trinajstić information content (AvgIpc) is 2.65. The number of rotatable bonds is 7. The first kappa shape index (κ1) is 19.7. The molecule has 0 aliphatic heterocycles. The van der Waals surface area contributed by atoms with Crippen molar-refractivity contribution in [2.45, 2.75) is 0 Å². The molecule has 2 N–H and O–H groups in total. The minimum Gasteiger partial charge on any atom is -0.365 e. The van der Waals surface area contributed by atoms with Crippen LogP contribution in [0.4, 0.5) is 11.5 Å². The lowest BCUT2D eigenvalue weighted by Crippen LogP contribution is -2.16. The predicted octanol–water partition coefficient (Wildman–Crippen LogP) is 4.87. The molecule has 7 heteroatoms. The van der Waals surface area contributed by atoms with E-state index in [1.807, 2.05) is 6.08 Å². The molecule has 0 saturated heterocycles. The van der Waals surface area contributed by atoms with E-state index in [0.717, 1.165) is 5.57 Å². The molecule has 0 fully saturated rings. The molecule has 0 bridgehead atoms. The summed E-state index contributed by atoms with van der Waals surface area (Å²) in [5.74, 6) is 0.157. The fourth-order valence-corrected chi connectivity index (χ4v) is 2.35. The Hall–Kier alpha value is -2.63. The van der Waals surface area contributed by atoms with Gasteiger partial charge in [-0.2, -0.15) is 0 Å². The summed E-state index contributed by atoms with van der Waals surface area (Å²) in [7, 11) is 1.69. The van der Waals surface area contributed by atoms with Gasteiger partial charge in [0.05, 0.1) is 15.6 Å². The van der Waals surface area contributed by atoms with Crippen LogP contribution in [0.25, 0.3) is 0 Å². The molecule has 0 radical (unpaired) electrons. The first-order valence-corrected chi connectivity index (χ1v) is 8.49. The molecular formula is C19H18Cl2N4O. The van der Waals surface area contributed by atoms with Crippen molar-refractivity contribution in [3.8, 4) is 0 Å². The van der Waals surface area contributed by atoms with E-state index in [2.05, 4.69) is 27.2 Å². The Balaban J connectivity index is 2.15. The van der Waals surface area contributed by atoms with Crippen LogP contribution in [0, 0.1) is 0 Å². The SMILES string of the molecule is C=C/C(=C\C=NC)CNc1ncccc1C(=O)Nc1ccc(Cl)c(Cl)c1. The number of benzene rings is 1. The highest BCUT2D eigenvalue weighted by Gasteiger charge is 2.13. The fourth-order valence-electron chi connectivity index (χ4n) is 2.06. The van der Waals surface area contributed by atoms with Crippen LogP contribution in [0.3, 0.4) is 0 Å². The van der Waals surface area contributed by atoms with Gasteiger partial charge in [0.1, 0.15) is 5.82 Å². The number of carbonyl (C=O) groups excluding carboxylic acids is 1. The number of aromatic nitrogens is 1. The molecule has 0 saturated carbocycles. The maximum absolute atomic E-state index is 12.6. The topological polar surface area (TPSA) is 66.4 Å².